The van der Waals surface area contributed by atoms with Gasteiger partial charge in [0.1, 0.15) is 5.82 Å². The van der Waals surface area contributed by atoms with E-state index >= 15 is 0 Å². The molecule has 3 rings (SSSR count). The number of methoxy groups -OCH3 is 1. The molecule has 0 radical (unpaired) electrons. The second kappa shape index (κ2) is 12.0. The van der Waals surface area contributed by atoms with Crippen molar-refractivity contribution < 1.29 is 14.2 Å². The van der Waals surface area contributed by atoms with Crippen molar-refractivity contribution in [1.29, 1.82) is 0 Å². The van der Waals surface area contributed by atoms with E-state index in [0.717, 1.165) is 56.7 Å². The fourth-order valence-electron chi connectivity index (χ4n) is 4.19. The Balaban J connectivity index is 1.45. The van der Waals surface area contributed by atoms with Gasteiger partial charge in [0.05, 0.1) is 7.11 Å². The number of aliphatic hydroxyl groups is 1. The zero-order valence-electron chi connectivity index (χ0n) is 18.5. The molecular weight excluding hydrogens is 395 g/mol. The zero-order valence-corrected chi connectivity index (χ0v) is 18.5. The SMILES string of the molecule is COc1cc(C(C)NC2CCC(c3ccc(NCCNCCCO)nc3)C2)ccc1F. The number of pyridine rings is 1. The molecule has 170 valence electrons. The van der Waals surface area contributed by atoms with Crippen molar-refractivity contribution in [3.05, 3.63) is 53.5 Å². The second-order valence-corrected chi connectivity index (χ2v) is 8.22. The van der Waals surface area contributed by atoms with Gasteiger partial charge in [0.15, 0.2) is 11.6 Å². The molecule has 7 heteroatoms. The summed E-state index contributed by atoms with van der Waals surface area (Å²) in [5.74, 6) is 1.35. The first-order chi connectivity index (χ1) is 15.1. The lowest BCUT2D eigenvalue weighted by Crippen LogP contribution is -2.29. The van der Waals surface area contributed by atoms with E-state index in [-0.39, 0.29) is 24.2 Å². The quantitative estimate of drug-likeness (QED) is 0.386. The highest BCUT2D eigenvalue weighted by atomic mass is 19.1. The standard InChI is InChI=1S/C24H35FN4O2/c1-17(18-5-8-22(25)23(15-18)31-2)29-21-7-4-19(14-21)20-6-9-24(28-16-20)27-12-11-26-10-3-13-30/h5-6,8-9,15-17,19,21,26,29-30H,3-4,7,10-14H2,1-2H3,(H,27,28). The molecule has 2 aromatic rings. The van der Waals surface area contributed by atoms with Crippen LogP contribution in [0.3, 0.4) is 0 Å². The highest BCUT2D eigenvalue weighted by molar-refractivity contribution is 5.36. The number of nitrogens with zero attached hydrogens (tertiary/aromatic N) is 1. The highest BCUT2D eigenvalue weighted by Crippen LogP contribution is 2.35. The third-order valence-electron chi connectivity index (χ3n) is 5.97. The molecule has 1 fully saturated rings. The second-order valence-electron chi connectivity index (χ2n) is 8.22. The maximum Gasteiger partial charge on any atom is 0.165 e. The molecule has 3 atom stereocenters. The number of aromatic nitrogens is 1. The number of rotatable bonds is 12. The van der Waals surface area contributed by atoms with Crippen LogP contribution in [0.2, 0.25) is 0 Å². The number of anilines is 1. The number of hydrogen-bond donors (Lipinski definition) is 4. The molecule has 1 heterocycles. The summed E-state index contributed by atoms with van der Waals surface area (Å²) in [4.78, 5) is 4.57. The number of aliphatic hydroxyl groups excluding tert-OH is 1. The Labute approximate surface area is 184 Å². The molecule has 0 saturated heterocycles. The van der Waals surface area contributed by atoms with Crippen LogP contribution in [0.25, 0.3) is 0 Å². The van der Waals surface area contributed by atoms with Crippen LogP contribution in [0, 0.1) is 5.82 Å². The van der Waals surface area contributed by atoms with Crippen molar-refractivity contribution in [1.82, 2.24) is 15.6 Å². The maximum atomic E-state index is 13.7. The number of nitrogens with one attached hydrogen (secondary N) is 3. The zero-order chi connectivity index (χ0) is 22.1. The Hall–Kier alpha value is -2.22. The number of hydrogen-bond acceptors (Lipinski definition) is 6. The predicted octanol–water partition coefficient (Wildman–Crippen LogP) is 3.60. The van der Waals surface area contributed by atoms with E-state index in [1.807, 2.05) is 12.3 Å². The van der Waals surface area contributed by atoms with Crippen LogP contribution in [0.1, 0.15) is 55.7 Å². The van der Waals surface area contributed by atoms with Gasteiger partial charge < -0.3 is 25.8 Å². The van der Waals surface area contributed by atoms with Crippen molar-refractivity contribution in [3.8, 4) is 5.75 Å². The molecule has 0 bridgehead atoms. The molecule has 1 aliphatic rings. The molecular formula is C24H35FN4O2. The first kappa shape index (κ1) is 23.4. The summed E-state index contributed by atoms with van der Waals surface area (Å²) >= 11 is 0. The Morgan fingerprint density at radius 2 is 2.06 bits per heavy atom. The summed E-state index contributed by atoms with van der Waals surface area (Å²) in [6, 6.07) is 9.85. The normalized spacial score (nSPS) is 19.4. The van der Waals surface area contributed by atoms with Crippen molar-refractivity contribution in [2.45, 2.75) is 50.6 Å². The molecule has 4 N–H and O–H groups in total. The number of ether oxygens (including phenoxy) is 1. The first-order valence-electron chi connectivity index (χ1n) is 11.2. The van der Waals surface area contributed by atoms with Crippen molar-refractivity contribution in [2.24, 2.45) is 0 Å². The van der Waals surface area contributed by atoms with Gasteiger partial charge in [0.25, 0.3) is 0 Å². The van der Waals surface area contributed by atoms with Gasteiger partial charge in [-0.05, 0) is 74.4 Å². The first-order valence-corrected chi connectivity index (χ1v) is 11.2. The molecule has 0 spiro atoms. The van der Waals surface area contributed by atoms with E-state index in [1.54, 1.807) is 6.07 Å². The summed E-state index contributed by atoms with van der Waals surface area (Å²) in [6.45, 7) is 4.81. The topological polar surface area (TPSA) is 78.4 Å². The fourth-order valence-corrected chi connectivity index (χ4v) is 4.19. The smallest absolute Gasteiger partial charge is 0.165 e. The van der Waals surface area contributed by atoms with Gasteiger partial charge >= 0.3 is 0 Å². The summed E-state index contributed by atoms with van der Waals surface area (Å²) in [6.07, 6.45) is 6.10. The molecule has 6 nitrogen and oxygen atoms in total. The van der Waals surface area contributed by atoms with Crippen LogP contribution >= 0.6 is 0 Å². The van der Waals surface area contributed by atoms with Gasteiger partial charge in [-0.1, -0.05) is 12.1 Å². The van der Waals surface area contributed by atoms with Crippen molar-refractivity contribution in [3.63, 3.8) is 0 Å². The van der Waals surface area contributed by atoms with Crippen LogP contribution in [0.5, 0.6) is 5.75 Å². The lowest BCUT2D eigenvalue weighted by Gasteiger charge is -2.21. The van der Waals surface area contributed by atoms with Crippen LogP contribution in [-0.4, -0.2) is 49.5 Å². The molecule has 3 unspecified atom stereocenters. The number of halogens is 1. The summed E-state index contributed by atoms with van der Waals surface area (Å²) in [5, 5.41) is 19.1. The van der Waals surface area contributed by atoms with Crippen LogP contribution in [-0.2, 0) is 0 Å². The largest absolute Gasteiger partial charge is 0.494 e. The van der Waals surface area contributed by atoms with Gasteiger partial charge in [-0.2, -0.15) is 0 Å². The lowest BCUT2D eigenvalue weighted by molar-refractivity contribution is 0.286. The highest BCUT2D eigenvalue weighted by Gasteiger charge is 2.27. The van der Waals surface area contributed by atoms with Gasteiger partial charge in [-0.15, -0.1) is 0 Å². The van der Waals surface area contributed by atoms with E-state index in [4.69, 9.17) is 9.84 Å². The van der Waals surface area contributed by atoms with E-state index in [9.17, 15) is 4.39 Å². The average molecular weight is 431 g/mol. The average Bonchev–Trinajstić information content (AvgIpc) is 3.25. The van der Waals surface area contributed by atoms with Gasteiger partial charge in [-0.3, -0.25) is 0 Å². The third-order valence-corrected chi connectivity index (χ3v) is 5.97. The molecule has 0 aliphatic heterocycles. The molecule has 1 aliphatic carbocycles. The van der Waals surface area contributed by atoms with Crippen molar-refractivity contribution in [2.75, 3.05) is 38.7 Å². The van der Waals surface area contributed by atoms with Crippen LogP contribution < -0.4 is 20.7 Å². The number of benzene rings is 1. The van der Waals surface area contributed by atoms with E-state index in [1.165, 1.54) is 18.7 Å². The minimum atomic E-state index is -0.331. The monoisotopic (exact) mass is 430 g/mol. The molecule has 31 heavy (non-hydrogen) atoms. The molecule has 1 aromatic heterocycles. The minimum Gasteiger partial charge on any atom is -0.494 e. The summed E-state index contributed by atoms with van der Waals surface area (Å²) in [5.41, 5.74) is 2.32. The van der Waals surface area contributed by atoms with E-state index < -0.39 is 0 Å². The summed E-state index contributed by atoms with van der Waals surface area (Å²) in [7, 11) is 1.49. The lowest BCUT2D eigenvalue weighted by atomic mass is 9.99. The minimum absolute atomic E-state index is 0.133. The Kier molecular flexibility index (Phi) is 9.06. The summed E-state index contributed by atoms with van der Waals surface area (Å²) < 4.78 is 18.8. The fraction of sp³-hybridized carbons (Fsp3) is 0.542. The van der Waals surface area contributed by atoms with E-state index in [0.29, 0.717) is 12.0 Å². The van der Waals surface area contributed by atoms with Crippen molar-refractivity contribution >= 4 is 5.82 Å². The maximum absolute atomic E-state index is 13.7. The van der Waals surface area contributed by atoms with Gasteiger partial charge in [0.2, 0.25) is 0 Å². The molecule has 1 aromatic carbocycles. The third kappa shape index (κ3) is 6.89. The van der Waals surface area contributed by atoms with Gasteiger partial charge in [-0.25, -0.2) is 9.37 Å². The Morgan fingerprint density at radius 1 is 1.19 bits per heavy atom. The van der Waals surface area contributed by atoms with E-state index in [2.05, 4.69) is 40.0 Å². The molecule has 0 amide bonds. The predicted molar refractivity (Wildman–Crippen MR) is 122 cm³/mol. The van der Waals surface area contributed by atoms with Crippen LogP contribution in [0.4, 0.5) is 10.2 Å². The van der Waals surface area contributed by atoms with Crippen LogP contribution in [0.15, 0.2) is 36.5 Å². The Morgan fingerprint density at radius 3 is 2.81 bits per heavy atom. The van der Waals surface area contributed by atoms with Gasteiger partial charge in [0, 0.05) is 38.0 Å². The Bertz CT molecular complexity index is 803. The molecule has 1 saturated carbocycles.